The number of nitrogens with zero attached hydrogens (tertiary/aromatic N) is 3. The van der Waals surface area contributed by atoms with Gasteiger partial charge < -0.3 is 5.73 Å². The smallest absolute Gasteiger partial charge is 0.252 e. The van der Waals surface area contributed by atoms with Gasteiger partial charge in [-0.1, -0.05) is 0 Å². The molecule has 0 aliphatic heterocycles. The Morgan fingerprint density at radius 3 is 2.79 bits per heavy atom. The lowest BCUT2D eigenvalue weighted by molar-refractivity contribution is 0.100. The second-order valence-electron chi connectivity index (χ2n) is 3.21. The Labute approximate surface area is 80.6 Å². The lowest BCUT2D eigenvalue weighted by Gasteiger charge is -1.99. The van der Waals surface area contributed by atoms with E-state index in [2.05, 4.69) is 10.1 Å². The number of amides is 1. The minimum Gasteiger partial charge on any atom is -0.365 e. The molecule has 0 aromatic carbocycles. The van der Waals surface area contributed by atoms with E-state index in [1.807, 2.05) is 6.92 Å². The van der Waals surface area contributed by atoms with E-state index in [-0.39, 0.29) is 0 Å². The van der Waals surface area contributed by atoms with E-state index in [1.165, 1.54) is 0 Å². The van der Waals surface area contributed by atoms with Gasteiger partial charge in [-0.2, -0.15) is 5.10 Å². The van der Waals surface area contributed by atoms with Gasteiger partial charge in [-0.15, -0.1) is 0 Å². The summed E-state index contributed by atoms with van der Waals surface area (Å²) in [6, 6.07) is 1.64. The number of primary amides is 1. The molecule has 14 heavy (non-hydrogen) atoms. The SMILES string of the molecule is Cc1cn2nc(C)cc(C(N)=O)c2n1. The summed E-state index contributed by atoms with van der Waals surface area (Å²) in [6.45, 7) is 3.65. The maximum atomic E-state index is 11.1. The zero-order valence-corrected chi connectivity index (χ0v) is 7.98. The topological polar surface area (TPSA) is 73.3 Å². The van der Waals surface area contributed by atoms with Crippen LogP contribution in [0.4, 0.5) is 0 Å². The summed E-state index contributed by atoms with van der Waals surface area (Å²) in [5.41, 5.74) is 7.71. The fourth-order valence-corrected chi connectivity index (χ4v) is 1.40. The largest absolute Gasteiger partial charge is 0.365 e. The maximum absolute atomic E-state index is 11.1. The number of carbonyl (C=O) groups excluding carboxylic acids is 1. The molecule has 0 unspecified atom stereocenters. The highest BCUT2D eigenvalue weighted by molar-refractivity contribution is 5.98. The van der Waals surface area contributed by atoms with Crippen LogP contribution in [0.2, 0.25) is 0 Å². The lowest BCUT2D eigenvalue weighted by Crippen LogP contribution is -2.14. The van der Waals surface area contributed by atoms with Gasteiger partial charge in [-0.3, -0.25) is 4.79 Å². The van der Waals surface area contributed by atoms with Crippen LogP contribution in [-0.4, -0.2) is 20.5 Å². The highest BCUT2D eigenvalue weighted by Crippen LogP contribution is 2.10. The van der Waals surface area contributed by atoms with Crippen LogP contribution < -0.4 is 5.73 Å². The zero-order valence-electron chi connectivity index (χ0n) is 7.98. The summed E-state index contributed by atoms with van der Waals surface area (Å²) in [4.78, 5) is 15.3. The third kappa shape index (κ3) is 1.22. The van der Waals surface area contributed by atoms with Gasteiger partial charge in [0, 0.05) is 0 Å². The number of fused-ring (bicyclic) bond motifs is 1. The van der Waals surface area contributed by atoms with Crippen LogP contribution in [0, 0.1) is 13.8 Å². The van der Waals surface area contributed by atoms with Gasteiger partial charge in [0.15, 0.2) is 5.65 Å². The first-order valence-electron chi connectivity index (χ1n) is 4.21. The molecule has 0 saturated heterocycles. The fourth-order valence-electron chi connectivity index (χ4n) is 1.40. The summed E-state index contributed by atoms with van der Waals surface area (Å²) in [5, 5.41) is 4.19. The molecule has 0 aliphatic carbocycles. The summed E-state index contributed by atoms with van der Waals surface area (Å²) in [7, 11) is 0. The molecule has 0 saturated carbocycles. The molecule has 2 rings (SSSR count). The van der Waals surface area contributed by atoms with Gasteiger partial charge in [-0.05, 0) is 19.9 Å². The number of imidazole rings is 1. The standard InChI is InChI=1S/C9H10N4O/c1-5-3-7(8(10)14)9-11-6(2)4-13(9)12-5/h3-4H,1-2H3,(H2,10,14). The van der Waals surface area contributed by atoms with Crippen molar-refractivity contribution in [2.45, 2.75) is 13.8 Å². The van der Waals surface area contributed by atoms with E-state index >= 15 is 0 Å². The Balaban J connectivity index is 2.85. The van der Waals surface area contributed by atoms with Gasteiger partial charge in [0.2, 0.25) is 0 Å². The monoisotopic (exact) mass is 190 g/mol. The molecule has 0 atom stereocenters. The molecule has 5 nitrogen and oxygen atoms in total. The first-order valence-corrected chi connectivity index (χ1v) is 4.21. The quantitative estimate of drug-likeness (QED) is 0.709. The number of carbonyl (C=O) groups is 1. The van der Waals surface area contributed by atoms with Crippen LogP contribution in [-0.2, 0) is 0 Å². The van der Waals surface area contributed by atoms with Crippen molar-refractivity contribution in [2.24, 2.45) is 5.73 Å². The molecular formula is C9H10N4O. The predicted molar refractivity (Wildman–Crippen MR) is 51.0 cm³/mol. The minimum absolute atomic E-state index is 0.408. The van der Waals surface area contributed by atoms with E-state index in [0.717, 1.165) is 11.4 Å². The highest BCUT2D eigenvalue weighted by atomic mass is 16.1. The van der Waals surface area contributed by atoms with Crippen molar-refractivity contribution in [1.82, 2.24) is 14.6 Å². The molecule has 2 heterocycles. The van der Waals surface area contributed by atoms with E-state index in [1.54, 1.807) is 23.7 Å². The number of hydrogen-bond acceptors (Lipinski definition) is 3. The molecule has 0 radical (unpaired) electrons. The zero-order chi connectivity index (χ0) is 10.3. The first-order chi connectivity index (χ1) is 6.58. The maximum Gasteiger partial charge on any atom is 0.252 e. The summed E-state index contributed by atoms with van der Waals surface area (Å²) >= 11 is 0. The van der Waals surface area contributed by atoms with Crippen LogP contribution >= 0.6 is 0 Å². The Bertz CT molecular complexity index is 515. The number of nitrogens with two attached hydrogens (primary N) is 1. The Kier molecular flexibility index (Phi) is 1.73. The predicted octanol–water partition coefficient (Wildman–Crippen LogP) is 0.445. The first kappa shape index (κ1) is 8.68. The average Bonchev–Trinajstić information content (AvgIpc) is 2.42. The number of aromatic nitrogens is 3. The third-order valence-corrected chi connectivity index (χ3v) is 1.93. The molecule has 2 aromatic heterocycles. The molecule has 72 valence electrons. The summed E-state index contributed by atoms with van der Waals surface area (Å²) in [6.07, 6.45) is 1.76. The molecule has 1 amide bonds. The molecule has 0 aliphatic rings. The van der Waals surface area contributed by atoms with Gasteiger partial charge in [0.25, 0.3) is 5.91 Å². The average molecular weight is 190 g/mol. The van der Waals surface area contributed by atoms with Crippen molar-refractivity contribution in [3.8, 4) is 0 Å². The highest BCUT2D eigenvalue weighted by Gasteiger charge is 2.10. The van der Waals surface area contributed by atoms with Crippen molar-refractivity contribution in [3.63, 3.8) is 0 Å². The summed E-state index contributed by atoms with van der Waals surface area (Å²) < 4.78 is 1.57. The summed E-state index contributed by atoms with van der Waals surface area (Å²) in [5.74, 6) is -0.480. The molecular weight excluding hydrogens is 180 g/mol. The van der Waals surface area contributed by atoms with Crippen molar-refractivity contribution in [2.75, 3.05) is 0 Å². The Hall–Kier alpha value is -1.91. The molecule has 0 spiro atoms. The van der Waals surface area contributed by atoms with Crippen LogP contribution in [0.15, 0.2) is 12.3 Å². The van der Waals surface area contributed by atoms with Gasteiger partial charge in [-0.25, -0.2) is 9.50 Å². The fraction of sp³-hybridized carbons (Fsp3) is 0.222. The van der Waals surface area contributed by atoms with Crippen LogP contribution in [0.1, 0.15) is 21.7 Å². The number of aryl methyl sites for hydroxylation is 2. The van der Waals surface area contributed by atoms with E-state index in [4.69, 9.17) is 5.73 Å². The van der Waals surface area contributed by atoms with E-state index in [0.29, 0.717) is 11.2 Å². The second-order valence-corrected chi connectivity index (χ2v) is 3.21. The molecule has 0 bridgehead atoms. The molecule has 2 aromatic rings. The number of hydrogen-bond donors (Lipinski definition) is 1. The van der Waals surface area contributed by atoms with Crippen LogP contribution in [0.3, 0.4) is 0 Å². The van der Waals surface area contributed by atoms with Crippen molar-refractivity contribution >= 4 is 11.6 Å². The lowest BCUT2D eigenvalue weighted by atomic mass is 10.2. The van der Waals surface area contributed by atoms with E-state index < -0.39 is 5.91 Å². The minimum atomic E-state index is -0.480. The van der Waals surface area contributed by atoms with Crippen molar-refractivity contribution in [3.05, 3.63) is 29.2 Å². The molecule has 5 heteroatoms. The molecule has 0 fully saturated rings. The van der Waals surface area contributed by atoms with Crippen molar-refractivity contribution < 1.29 is 4.79 Å². The van der Waals surface area contributed by atoms with Gasteiger partial charge in [0.05, 0.1) is 23.1 Å². The van der Waals surface area contributed by atoms with Crippen LogP contribution in [0.5, 0.6) is 0 Å². The van der Waals surface area contributed by atoms with Gasteiger partial charge >= 0.3 is 0 Å². The van der Waals surface area contributed by atoms with Gasteiger partial charge in [0.1, 0.15) is 0 Å². The molecule has 2 N–H and O–H groups in total. The number of rotatable bonds is 1. The van der Waals surface area contributed by atoms with Crippen molar-refractivity contribution in [1.29, 1.82) is 0 Å². The Morgan fingerprint density at radius 1 is 1.43 bits per heavy atom. The normalized spacial score (nSPS) is 10.7. The Morgan fingerprint density at radius 2 is 2.14 bits per heavy atom. The third-order valence-electron chi connectivity index (χ3n) is 1.93. The van der Waals surface area contributed by atoms with Crippen LogP contribution in [0.25, 0.3) is 5.65 Å². The second kappa shape index (κ2) is 2.80. The van der Waals surface area contributed by atoms with E-state index in [9.17, 15) is 4.79 Å².